The number of halogens is 2. The molecule has 0 amide bonds. The predicted octanol–water partition coefficient (Wildman–Crippen LogP) is 5.04. The van der Waals surface area contributed by atoms with Crippen LogP contribution in [0.25, 0.3) is 0 Å². The number of fused-ring (bicyclic) bond motifs is 1. The van der Waals surface area contributed by atoms with E-state index in [4.69, 9.17) is 11.6 Å². The second-order valence-corrected chi connectivity index (χ2v) is 5.53. The zero-order chi connectivity index (χ0) is 14.1. The van der Waals surface area contributed by atoms with Gasteiger partial charge in [-0.1, -0.05) is 30.3 Å². The van der Waals surface area contributed by atoms with Gasteiger partial charge in [0.1, 0.15) is 5.82 Å². The summed E-state index contributed by atoms with van der Waals surface area (Å²) < 4.78 is 14.4. The molecule has 1 aliphatic rings. The van der Waals surface area contributed by atoms with Gasteiger partial charge in [0.15, 0.2) is 0 Å². The Hall–Kier alpha value is -1.54. The Labute approximate surface area is 124 Å². The first-order valence-corrected chi connectivity index (χ1v) is 7.46. The second kappa shape index (κ2) is 5.45. The van der Waals surface area contributed by atoms with Gasteiger partial charge in [0.05, 0.1) is 5.69 Å². The molecule has 2 aromatic carbocycles. The van der Waals surface area contributed by atoms with Gasteiger partial charge in [0.25, 0.3) is 0 Å². The molecule has 1 nitrogen and oxygen atoms in total. The molecule has 1 heterocycles. The number of rotatable bonds is 2. The Morgan fingerprint density at radius 2 is 2.00 bits per heavy atom. The van der Waals surface area contributed by atoms with Crippen molar-refractivity contribution in [2.45, 2.75) is 31.7 Å². The average Bonchev–Trinajstić information content (AvgIpc) is 2.48. The minimum atomic E-state index is -0.202. The van der Waals surface area contributed by atoms with Crippen LogP contribution in [0.2, 0.25) is 0 Å². The SMILES string of the molecule is CC1CCc2ccccc2N1c1c(F)cccc1CCl. The molecule has 0 spiro atoms. The summed E-state index contributed by atoms with van der Waals surface area (Å²) in [5.41, 5.74) is 3.84. The molecule has 20 heavy (non-hydrogen) atoms. The maximum absolute atomic E-state index is 14.4. The summed E-state index contributed by atoms with van der Waals surface area (Å²) in [5, 5.41) is 0. The highest BCUT2D eigenvalue weighted by molar-refractivity contribution is 6.17. The lowest BCUT2D eigenvalue weighted by Crippen LogP contribution is -2.34. The summed E-state index contributed by atoms with van der Waals surface area (Å²) >= 11 is 6.00. The molecule has 1 unspecified atom stereocenters. The number of benzene rings is 2. The van der Waals surface area contributed by atoms with Crippen LogP contribution in [0.5, 0.6) is 0 Å². The van der Waals surface area contributed by atoms with Crippen molar-refractivity contribution >= 4 is 23.0 Å². The van der Waals surface area contributed by atoms with Gasteiger partial charge in [-0.15, -0.1) is 11.6 Å². The third-order valence-corrected chi connectivity index (χ3v) is 4.27. The van der Waals surface area contributed by atoms with Crippen molar-refractivity contribution < 1.29 is 4.39 Å². The fourth-order valence-corrected chi connectivity index (χ4v) is 3.18. The molecular formula is C17H17ClFN. The lowest BCUT2D eigenvalue weighted by Gasteiger charge is -2.38. The molecule has 0 N–H and O–H groups in total. The maximum Gasteiger partial charge on any atom is 0.147 e. The van der Waals surface area contributed by atoms with Crippen LogP contribution in [0.4, 0.5) is 15.8 Å². The van der Waals surface area contributed by atoms with Crippen LogP contribution in [0, 0.1) is 5.82 Å². The van der Waals surface area contributed by atoms with E-state index in [-0.39, 0.29) is 11.9 Å². The minimum absolute atomic E-state index is 0.202. The zero-order valence-corrected chi connectivity index (χ0v) is 12.2. The molecule has 0 aromatic heterocycles. The number of nitrogens with zero attached hydrogens (tertiary/aromatic N) is 1. The van der Waals surface area contributed by atoms with E-state index in [1.165, 1.54) is 11.6 Å². The van der Waals surface area contributed by atoms with Gasteiger partial charge in [-0.3, -0.25) is 0 Å². The van der Waals surface area contributed by atoms with Crippen molar-refractivity contribution in [3.05, 3.63) is 59.4 Å². The van der Waals surface area contributed by atoms with Crippen LogP contribution >= 0.6 is 11.6 Å². The highest BCUT2D eigenvalue weighted by atomic mass is 35.5. The molecule has 2 aromatic rings. The van der Waals surface area contributed by atoms with E-state index in [9.17, 15) is 4.39 Å². The molecule has 1 atom stereocenters. The summed E-state index contributed by atoms with van der Waals surface area (Å²) in [6.45, 7) is 2.14. The molecule has 1 aliphatic heterocycles. The van der Waals surface area contributed by atoms with Crippen molar-refractivity contribution in [2.24, 2.45) is 0 Å². The number of anilines is 2. The van der Waals surface area contributed by atoms with Crippen molar-refractivity contribution in [1.82, 2.24) is 0 Å². The van der Waals surface area contributed by atoms with E-state index in [1.54, 1.807) is 6.07 Å². The summed E-state index contributed by atoms with van der Waals surface area (Å²) in [4.78, 5) is 2.10. The number of aryl methyl sites for hydroxylation is 1. The number of hydrogen-bond acceptors (Lipinski definition) is 1. The molecule has 3 rings (SSSR count). The fourth-order valence-electron chi connectivity index (χ4n) is 2.97. The summed E-state index contributed by atoms with van der Waals surface area (Å²) in [6.07, 6.45) is 2.06. The van der Waals surface area contributed by atoms with Crippen LogP contribution < -0.4 is 4.90 Å². The van der Waals surface area contributed by atoms with E-state index in [0.29, 0.717) is 11.6 Å². The fraction of sp³-hybridized carbons (Fsp3) is 0.294. The molecule has 0 aliphatic carbocycles. The number of para-hydroxylation sites is 2. The summed E-state index contributed by atoms with van der Waals surface area (Å²) in [6, 6.07) is 13.6. The Kier molecular flexibility index (Phi) is 3.66. The first-order chi connectivity index (χ1) is 9.72. The number of hydrogen-bond donors (Lipinski definition) is 0. The van der Waals surface area contributed by atoms with Gasteiger partial charge in [-0.25, -0.2) is 4.39 Å². The van der Waals surface area contributed by atoms with Gasteiger partial charge in [-0.05, 0) is 43.0 Å². The van der Waals surface area contributed by atoms with E-state index in [1.807, 2.05) is 18.2 Å². The molecule has 0 bridgehead atoms. The molecule has 104 valence electrons. The van der Waals surface area contributed by atoms with Crippen LogP contribution in [-0.4, -0.2) is 6.04 Å². The van der Waals surface area contributed by atoms with E-state index in [0.717, 1.165) is 24.1 Å². The molecule has 0 saturated heterocycles. The first-order valence-electron chi connectivity index (χ1n) is 6.93. The van der Waals surface area contributed by atoms with Gasteiger partial charge >= 0.3 is 0 Å². The Morgan fingerprint density at radius 3 is 2.80 bits per heavy atom. The molecule has 0 fully saturated rings. The van der Waals surface area contributed by atoms with Crippen LogP contribution in [0.3, 0.4) is 0 Å². The largest absolute Gasteiger partial charge is 0.336 e. The quantitative estimate of drug-likeness (QED) is 0.700. The normalized spacial score (nSPS) is 17.9. The van der Waals surface area contributed by atoms with E-state index < -0.39 is 0 Å². The van der Waals surface area contributed by atoms with Gasteiger partial charge in [-0.2, -0.15) is 0 Å². The average molecular weight is 290 g/mol. The smallest absolute Gasteiger partial charge is 0.147 e. The maximum atomic E-state index is 14.4. The standard InChI is InChI=1S/C17H17ClFN/c1-12-9-10-13-5-2-3-8-16(13)20(12)17-14(11-18)6-4-7-15(17)19/h2-8,12H,9-11H2,1H3. The van der Waals surface area contributed by atoms with Crippen molar-refractivity contribution in [3.63, 3.8) is 0 Å². The number of alkyl halides is 1. The molecule has 0 saturated carbocycles. The first kappa shape index (κ1) is 13.4. The lowest BCUT2D eigenvalue weighted by molar-refractivity contribution is 0.582. The molecular weight excluding hydrogens is 273 g/mol. The van der Waals surface area contributed by atoms with Crippen LogP contribution in [0.15, 0.2) is 42.5 Å². The van der Waals surface area contributed by atoms with Gasteiger partial charge < -0.3 is 4.90 Å². The van der Waals surface area contributed by atoms with Crippen molar-refractivity contribution in [1.29, 1.82) is 0 Å². The molecule has 3 heteroatoms. The zero-order valence-electron chi connectivity index (χ0n) is 11.4. The van der Waals surface area contributed by atoms with Crippen molar-refractivity contribution in [2.75, 3.05) is 4.90 Å². The van der Waals surface area contributed by atoms with Crippen LogP contribution in [-0.2, 0) is 12.3 Å². The summed E-state index contributed by atoms with van der Waals surface area (Å²) in [5.74, 6) is 0.116. The third-order valence-electron chi connectivity index (χ3n) is 3.98. The summed E-state index contributed by atoms with van der Waals surface area (Å²) in [7, 11) is 0. The van der Waals surface area contributed by atoms with E-state index in [2.05, 4.69) is 24.0 Å². The van der Waals surface area contributed by atoms with Crippen molar-refractivity contribution in [3.8, 4) is 0 Å². The van der Waals surface area contributed by atoms with Gasteiger partial charge in [0, 0.05) is 17.6 Å². The third kappa shape index (κ3) is 2.18. The Balaban J connectivity index is 2.19. The van der Waals surface area contributed by atoms with Gasteiger partial charge in [0.2, 0.25) is 0 Å². The Morgan fingerprint density at radius 1 is 1.20 bits per heavy atom. The lowest BCUT2D eigenvalue weighted by atomic mass is 9.95. The second-order valence-electron chi connectivity index (χ2n) is 5.27. The molecule has 0 radical (unpaired) electrons. The van der Waals surface area contributed by atoms with Crippen LogP contribution in [0.1, 0.15) is 24.5 Å². The topological polar surface area (TPSA) is 3.24 Å². The monoisotopic (exact) mass is 289 g/mol. The minimum Gasteiger partial charge on any atom is -0.336 e. The highest BCUT2D eigenvalue weighted by Gasteiger charge is 2.27. The Bertz CT molecular complexity index is 626. The predicted molar refractivity (Wildman–Crippen MR) is 82.3 cm³/mol. The van der Waals surface area contributed by atoms with E-state index >= 15 is 0 Å². The highest BCUT2D eigenvalue weighted by Crippen LogP contribution is 2.39.